The van der Waals surface area contributed by atoms with E-state index in [2.05, 4.69) is 0 Å². The number of phenolic OH excluding ortho intramolecular Hbond substituents is 1. The number of methoxy groups -OCH3 is 2. The first-order valence-corrected chi connectivity index (χ1v) is 11.8. The molecule has 36 heavy (non-hydrogen) atoms. The number of likely N-dealkylation sites (tertiary alicyclic amines) is 1. The minimum Gasteiger partial charge on any atom is -0.502 e. The van der Waals surface area contributed by atoms with E-state index in [0.29, 0.717) is 28.7 Å². The van der Waals surface area contributed by atoms with Gasteiger partial charge in [-0.3, -0.25) is 24.1 Å². The number of carbonyl (C=O) groups excluding carboxylic acids is 4. The van der Waals surface area contributed by atoms with Crippen LogP contribution in [0.15, 0.2) is 52.7 Å². The number of aromatic hydroxyl groups is 1. The van der Waals surface area contributed by atoms with Gasteiger partial charge in [-0.15, -0.1) is 0 Å². The molecule has 4 aliphatic rings. The summed E-state index contributed by atoms with van der Waals surface area (Å²) in [5.74, 6) is -2.36. The van der Waals surface area contributed by atoms with Gasteiger partial charge in [0, 0.05) is 29.7 Å². The highest BCUT2D eigenvalue weighted by atomic mass is 16.5. The molecule has 1 aromatic carbocycles. The van der Waals surface area contributed by atoms with Crippen LogP contribution in [-0.2, 0) is 19.2 Å². The molecule has 4 atom stereocenters. The number of nitrogens with zero attached hydrogens (tertiary/aromatic N) is 1. The van der Waals surface area contributed by atoms with E-state index in [1.54, 1.807) is 25.1 Å². The molecule has 1 saturated heterocycles. The number of phenols is 1. The van der Waals surface area contributed by atoms with Crippen LogP contribution in [0.3, 0.4) is 0 Å². The van der Waals surface area contributed by atoms with E-state index in [4.69, 9.17) is 9.47 Å². The average molecular weight is 490 g/mol. The molecule has 1 N–H and O–H groups in total. The Morgan fingerprint density at radius 1 is 1.03 bits per heavy atom. The Bertz CT molecular complexity index is 1320. The van der Waals surface area contributed by atoms with Gasteiger partial charge in [-0.2, -0.15) is 0 Å². The van der Waals surface area contributed by atoms with Crippen molar-refractivity contribution >= 4 is 29.5 Å². The fraction of sp³-hybridized carbons (Fsp3) is 0.357. The maximum absolute atomic E-state index is 13.3. The number of rotatable bonds is 4. The van der Waals surface area contributed by atoms with Gasteiger partial charge in [0.25, 0.3) is 0 Å². The second-order valence-electron chi connectivity index (χ2n) is 9.64. The van der Waals surface area contributed by atoms with Gasteiger partial charge in [0.2, 0.25) is 17.6 Å². The second kappa shape index (κ2) is 8.62. The van der Waals surface area contributed by atoms with Gasteiger partial charge in [-0.05, 0) is 49.5 Å². The van der Waals surface area contributed by atoms with E-state index in [1.165, 1.54) is 32.2 Å². The largest absolute Gasteiger partial charge is 0.502 e. The van der Waals surface area contributed by atoms with Crippen LogP contribution in [-0.4, -0.2) is 54.7 Å². The molecule has 0 radical (unpaired) electrons. The molecule has 0 spiro atoms. The van der Waals surface area contributed by atoms with E-state index in [-0.39, 0.29) is 53.0 Å². The van der Waals surface area contributed by atoms with Gasteiger partial charge in [-0.1, -0.05) is 23.8 Å². The molecule has 1 heterocycles. The van der Waals surface area contributed by atoms with Crippen LogP contribution in [0.5, 0.6) is 17.2 Å². The predicted octanol–water partition coefficient (Wildman–Crippen LogP) is 3.01. The first-order chi connectivity index (χ1) is 17.2. The molecular formula is C28H27NO7. The Morgan fingerprint density at radius 2 is 1.69 bits per heavy atom. The first-order valence-electron chi connectivity index (χ1n) is 11.8. The van der Waals surface area contributed by atoms with Gasteiger partial charge < -0.3 is 14.6 Å². The van der Waals surface area contributed by atoms with Crippen molar-refractivity contribution in [3.63, 3.8) is 0 Å². The number of benzene rings is 1. The van der Waals surface area contributed by atoms with Crippen LogP contribution in [0.1, 0.15) is 25.3 Å². The predicted molar refractivity (Wildman–Crippen MR) is 130 cm³/mol. The summed E-state index contributed by atoms with van der Waals surface area (Å²) in [5, 5.41) is 10.2. The number of hydrogen-bond acceptors (Lipinski definition) is 7. The molecule has 2 amide bonds. The van der Waals surface area contributed by atoms with Crippen molar-refractivity contribution < 1.29 is 33.8 Å². The number of Topliss-reactive ketones (excluding diaryl/α,β-unsaturated/α-hetero) is 1. The summed E-state index contributed by atoms with van der Waals surface area (Å²) >= 11 is 0. The summed E-state index contributed by atoms with van der Waals surface area (Å²) < 4.78 is 10.5. The van der Waals surface area contributed by atoms with Crippen molar-refractivity contribution in [1.29, 1.82) is 0 Å². The van der Waals surface area contributed by atoms with Crippen molar-refractivity contribution in [1.82, 2.24) is 4.90 Å². The maximum atomic E-state index is 13.3. The zero-order valence-corrected chi connectivity index (χ0v) is 20.5. The highest BCUT2D eigenvalue weighted by Crippen LogP contribution is 2.52. The van der Waals surface area contributed by atoms with E-state index < -0.39 is 17.8 Å². The normalized spacial score (nSPS) is 27.6. The number of hydrogen-bond donors (Lipinski definition) is 1. The Morgan fingerprint density at radius 3 is 2.33 bits per heavy atom. The summed E-state index contributed by atoms with van der Waals surface area (Å²) in [6.45, 7) is 1.63. The molecule has 1 aromatic rings. The maximum Gasteiger partial charge on any atom is 0.233 e. The standard InChI is InChI=1S/C28H27NO7/c1-13-9-20(30)19-12-18-15(7-8-17-24(18)28(34)29(2)27(17)33)16(23(19)25(13)31)6-5-14-10-21(35-3)26(32)22(11-14)36-4/h5-7,9-11,16-18,24,32H,8,12H2,1-4H3. The topological polar surface area (TPSA) is 110 Å². The minimum atomic E-state index is -0.545. The highest BCUT2D eigenvalue weighted by molar-refractivity contribution is 6.23. The molecule has 0 saturated carbocycles. The molecule has 4 unspecified atom stereocenters. The summed E-state index contributed by atoms with van der Waals surface area (Å²) in [6.07, 6.45) is 7.63. The van der Waals surface area contributed by atoms with E-state index in [1.807, 2.05) is 12.2 Å². The monoisotopic (exact) mass is 489 g/mol. The third-order valence-electron chi connectivity index (χ3n) is 7.82. The zero-order valence-electron chi connectivity index (χ0n) is 20.5. The van der Waals surface area contributed by atoms with Crippen LogP contribution in [0, 0.1) is 23.7 Å². The number of carbonyl (C=O) groups is 4. The Kier molecular flexibility index (Phi) is 5.70. The van der Waals surface area contributed by atoms with E-state index >= 15 is 0 Å². The van der Waals surface area contributed by atoms with Crippen LogP contribution >= 0.6 is 0 Å². The molecule has 0 bridgehead atoms. The molecule has 1 aliphatic heterocycles. The third kappa shape index (κ3) is 3.43. The summed E-state index contributed by atoms with van der Waals surface area (Å²) in [4.78, 5) is 53.3. The number of allylic oxidation sites excluding steroid dienone is 7. The lowest BCUT2D eigenvalue weighted by molar-refractivity contribution is -0.138. The lowest BCUT2D eigenvalue weighted by Gasteiger charge is -2.41. The van der Waals surface area contributed by atoms with Crippen LogP contribution in [0.4, 0.5) is 0 Å². The molecule has 186 valence electrons. The Labute approximate surface area is 208 Å². The van der Waals surface area contributed by atoms with E-state index in [0.717, 1.165) is 5.57 Å². The molecule has 5 rings (SSSR count). The minimum absolute atomic E-state index is 0.122. The van der Waals surface area contributed by atoms with Crippen LogP contribution < -0.4 is 9.47 Å². The van der Waals surface area contributed by atoms with Gasteiger partial charge in [0.15, 0.2) is 23.1 Å². The summed E-state index contributed by atoms with van der Waals surface area (Å²) in [7, 11) is 4.37. The first kappa shape index (κ1) is 23.8. The quantitative estimate of drug-likeness (QED) is 0.393. The average Bonchev–Trinajstić information content (AvgIpc) is 3.09. The van der Waals surface area contributed by atoms with Crippen LogP contribution in [0.2, 0.25) is 0 Å². The molecule has 8 heteroatoms. The van der Waals surface area contributed by atoms with Crippen molar-refractivity contribution in [2.24, 2.45) is 23.7 Å². The molecule has 3 aliphatic carbocycles. The number of ketones is 2. The third-order valence-corrected chi connectivity index (χ3v) is 7.82. The molecule has 1 fully saturated rings. The molecular weight excluding hydrogens is 462 g/mol. The lowest BCUT2D eigenvalue weighted by Crippen LogP contribution is -2.39. The van der Waals surface area contributed by atoms with Crippen LogP contribution in [0.25, 0.3) is 6.08 Å². The lowest BCUT2D eigenvalue weighted by atomic mass is 9.60. The van der Waals surface area contributed by atoms with Crippen molar-refractivity contribution in [3.8, 4) is 17.2 Å². The number of imide groups is 1. The van der Waals surface area contributed by atoms with E-state index in [9.17, 15) is 24.3 Å². The number of amides is 2. The summed E-state index contributed by atoms with van der Waals surface area (Å²) in [6, 6.07) is 3.28. The number of fused-ring (bicyclic) bond motifs is 3. The van der Waals surface area contributed by atoms with Crippen molar-refractivity contribution in [2.45, 2.75) is 19.8 Å². The number of ether oxygens (including phenoxy) is 2. The fourth-order valence-corrected chi connectivity index (χ4v) is 6.01. The smallest absolute Gasteiger partial charge is 0.233 e. The molecule has 0 aromatic heterocycles. The second-order valence-corrected chi connectivity index (χ2v) is 9.64. The van der Waals surface area contributed by atoms with Gasteiger partial charge in [0.1, 0.15) is 0 Å². The highest BCUT2D eigenvalue weighted by Gasteiger charge is 2.54. The van der Waals surface area contributed by atoms with Gasteiger partial charge in [-0.25, -0.2) is 0 Å². The summed E-state index contributed by atoms with van der Waals surface area (Å²) in [5.41, 5.74) is 2.77. The fourth-order valence-electron chi connectivity index (χ4n) is 6.01. The van der Waals surface area contributed by atoms with Crippen molar-refractivity contribution in [3.05, 3.63) is 58.2 Å². The van der Waals surface area contributed by atoms with Gasteiger partial charge >= 0.3 is 0 Å². The van der Waals surface area contributed by atoms with Gasteiger partial charge in [0.05, 0.1) is 26.1 Å². The zero-order chi connectivity index (χ0) is 25.9. The molecule has 8 nitrogen and oxygen atoms in total. The van der Waals surface area contributed by atoms with Crippen molar-refractivity contribution in [2.75, 3.05) is 21.3 Å². The Hall–Kier alpha value is -3.94. The SMILES string of the molecule is COc1cc(C=CC2C3=CCC4C(=O)N(C)C(=O)C4C3CC3=C2C(=O)C(C)=CC3=O)cc(OC)c1O. The Balaban J connectivity index is 1.63.